The Kier molecular flexibility index (Phi) is 4.65. The van der Waals surface area contributed by atoms with Gasteiger partial charge < -0.3 is 15.3 Å². The fraction of sp³-hybridized carbons (Fsp3) is 0.467. The summed E-state index contributed by atoms with van der Waals surface area (Å²) < 4.78 is 22.8. The molecule has 0 saturated carbocycles. The van der Waals surface area contributed by atoms with E-state index >= 15 is 0 Å². The minimum absolute atomic E-state index is 0.162. The summed E-state index contributed by atoms with van der Waals surface area (Å²) in [5.74, 6) is -0.295. The lowest BCUT2D eigenvalue weighted by Gasteiger charge is -2.38. The van der Waals surface area contributed by atoms with Crippen LogP contribution in [0.15, 0.2) is 29.2 Å². The summed E-state index contributed by atoms with van der Waals surface area (Å²) in [6.45, 7) is 2.63. The number of nitrogens with zero attached hydrogens (tertiary/aromatic N) is 1. The van der Waals surface area contributed by atoms with Gasteiger partial charge in [-0.15, -0.1) is 0 Å². The normalized spacial score (nSPS) is 17.6. The van der Waals surface area contributed by atoms with Crippen LogP contribution in [0.2, 0.25) is 0 Å². The highest BCUT2D eigenvalue weighted by Gasteiger charge is 2.33. The molecule has 2 rings (SSSR count). The molecule has 0 aliphatic carbocycles. The molecule has 8 heteroatoms. The summed E-state index contributed by atoms with van der Waals surface area (Å²) in [4.78, 5) is 24.7. The number of nitrogens with one attached hydrogen (secondary N) is 1. The number of carbonyl (C=O) groups excluding carboxylic acids is 1. The van der Waals surface area contributed by atoms with E-state index in [1.807, 2.05) is 6.92 Å². The van der Waals surface area contributed by atoms with Gasteiger partial charge in [0.05, 0.1) is 4.90 Å². The summed E-state index contributed by atoms with van der Waals surface area (Å²) >= 11 is 0. The second-order valence-electron chi connectivity index (χ2n) is 6.08. The molecule has 1 heterocycles. The number of carboxylic acid groups (broad SMARTS) is 1. The van der Waals surface area contributed by atoms with E-state index in [0.29, 0.717) is 31.5 Å². The summed E-state index contributed by atoms with van der Waals surface area (Å²) in [5.41, 5.74) is -0.0993. The maximum absolute atomic E-state index is 12.3. The van der Waals surface area contributed by atoms with E-state index in [2.05, 4.69) is 5.32 Å². The zero-order chi connectivity index (χ0) is 17.3. The van der Waals surface area contributed by atoms with Crippen molar-refractivity contribution < 1.29 is 23.1 Å². The number of benzene rings is 1. The molecule has 2 amide bonds. The van der Waals surface area contributed by atoms with Gasteiger partial charge in [0.25, 0.3) is 5.91 Å². The standard InChI is InChI=1S/C15H20N2O5S/c1-15(7-9-17(10-8-15)14(19)20)16-13(18)11-3-5-12(6-4-11)23(2,21)22/h3-6H,7-10H2,1-2H3,(H,16,18)(H,19,20). The molecule has 0 spiro atoms. The molecule has 1 saturated heterocycles. The maximum atomic E-state index is 12.3. The van der Waals surface area contributed by atoms with Crippen LogP contribution in [0.5, 0.6) is 0 Å². The average molecular weight is 340 g/mol. The molecule has 0 radical (unpaired) electrons. The average Bonchev–Trinajstić information content (AvgIpc) is 2.46. The van der Waals surface area contributed by atoms with Gasteiger partial charge in [-0.05, 0) is 44.0 Å². The lowest BCUT2D eigenvalue weighted by molar-refractivity contribution is 0.0824. The predicted molar refractivity (Wildman–Crippen MR) is 84.3 cm³/mol. The monoisotopic (exact) mass is 340 g/mol. The Balaban J connectivity index is 2.03. The zero-order valence-electron chi connectivity index (χ0n) is 13.1. The molecule has 0 unspecified atom stereocenters. The Hall–Kier alpha value is -2.09. The molecule has 126 valence electrons. The van der Waals surface area contributed by atoms with Crippen molar-refractivity contribution in [2.24, 2.45) is 0 Å². The first-order valence-electron chi connectivity index (χ1n) is 7.21. The highest BCUT2D eigenvalue weighted by atomic mass is 32.2. The number of hydrogen-bond acceptors (Lipinski definition) is 4. The highest BCUT2D eigenvalue weighted by Crippen LogP contribution is 2.22. The molecule has 1 aromatic rings. The summed E-state index contributed by atoms with van der Waals surface area (Å²) in [7, 11) is -3.29. The van der Waals surface area contributed by atoms with Gasteiger partial charge in [0.2, 0.25) is 0 Å². The first kappa shape index (κ1) is 17.3. The number of carbonyl (C=O) groups is 2. The van der Waals surface area contributed by atoms with E-state index in [4.69, 9.17) is 5.11 Å². The SMILES string of the molecule is CC1(NC(=O)c2ccc(S(C)(=O)=O)cc2)CCN(C(=O)O)CC1. The van der Waals surface area contributed by atoms with Crippen molar-refractivity contribution in [3.8, 4) is 0 Å². The van der Waals surface area contributed by atoms with Crippen LogP contribution in [0.25, 0.3) is 0 Å². The van der Waals surface area contributed by atoms with Crippen molar-refractivity contribution in [3.05, 3.63) is 29.8 Å². The minimum atomic E-state index is -3.29. The van der Waals surface area contributed by atoms with Gasteiger partial charge in [0, 0.05) is 30.4 Å². The summed E-state index contributed by atoms with van der Waals surface area (Å²) in [6.07, 6.45) is 1.23. The van der Waals surface area contributed by atoms with Crippen molar-refractivity contribution in [2.45, 2.75) is 30.2 Å². The fourth-order valence-corrected chi connectivity index (χ4v) is 3.15. The molecule has 1 aromatic carbocycles. The van der Waals surface area contributed by atoms with Crippen LogP contribution in [0.4, 0.5) is 4.79 Å². The maximum Gasteiger partial charge on any atom is 0.407 e. The molecule has 23 heavy (non-hydrogen) atoms. The second-order valence-corrected chi connectivity index (χ2v) is 8.10. The van der Waals surface area contributed by atoms with E-state index in [1.54, 1.807) is 0 Å². The topological polar surface area (TPSA) is 104 Å². The highest BCUT2D eigenvalue weighted by molar-refractivity contribution is 7.90. The molecule has 0 atom stereocenters. The molecule has 1 aliphatic rings. The minimum Gasteiger partial charge on any atom is -0.465 e. The van der Waals surface area contributed by atoms with E-state index in [9.17, 15) is 18.0 Å². The molecular weight excluding hydrogens is 320 g/mol. The zero-order valence-corrected chi connectivity index (χ0v) is 13.9. The number of sulfone groups is 1. The summed E-state index contributed by atoms with van der Waals surface area (Å²) in [5, 5.41) is 11.9. The first-order valence-corrected chi connectivity index (χ1v) is 9.10. The van der Waals surface area contributed by atoms with Crippen molar-refractivity contribution in [1.82, 2.24) is 10.2 Å². The van der Waals surface area contributed by atoms with Crippen molar-refractivity contribution in [1.29, 1.82) is 0 Å². The Bertz CT molecular complexity index is 704. The Morgan fingerprint density at radius 1 is 1.17 bits per heavy atom. The van der Waals surface area contributed by atoms with Crippen LogP contribution in [0.1, 0.15) is 30.1 Å². The number of rotatable bonds is 3. The van der Waals surface area contributed by atoms with Crippen molar-refractivity contribution in [2.75, 3.05) is 19.3 Å². The molecule has 1 aliphatic heterocycles. The lowest BCUT2D eigenvalue weighted by Crippen LogP contribution is -2.54. The molecule has 2 N–H and O–H groups in total. The summed E-state index contributed by atoms with van der Waals surface area (Å²) in [6, 6.07) is 5.75. The Morgan fingerprint density at radius 3 is 2.13 bits per heavy atom. The Morgan fingerprint density at radius 2 is 1.70 bits per heavy atom. The number of amides is 2. The number of piperidine rings is 1. The largest absolute Gasteiger partial charge is 0.465 e. The van der Waals surface area contributed by atoms with Gasteiger partial charge in [-0.3, -0.25) is 4.79 Å². The molecule has 0 bridgehead atoms. The van der Waals surface area contributed by atoms with Crippen LogP contribution in [-0.2, 0) is 9.84 Å². The smallest absolute Gasteiger partial charge is 0.407 e. The van der Waals surface area contributed by atoms with E-state index in [1.165, 1.54) is 29.2 Å². The van der Waals surface area contributed by atoms with Gasteiger partial charge in [-0.25, -0.2) is 13.2 Å². The number of likely N-dealkylation sites (tertiary alicyclic amines) is 1. The molecule has 0 aromatic heterocycles. The third-order valence-corrected chi connectivity index (χ3v) is 5.23. The van der Waals surface area contributed by atoms with Gasteiger partial charge in [0.15, 0.2) is 9.84 Å². The van der Waals surface area contributed by atoms with Gasteiger partial charge in [-0.2, -0.15) is 0 Å². The first-order chi connectivity index (χ1) is 10.6. The lowest BCUT2D eigenvalue weighted by atomic mass is 9.89. The van der Waals surface area contributed by atoms with Gasteiger partial charge in [-0.1, -0.05) is 0 Å². The van der Waals surface area contributed by atoms with E-state index < -0.39 is 21.5 Å². The second kappa shape index (κ2) is 6.19. The van der Waals surface area contributed by atoms with Gasteiger partial charge >= 0.3 is 6.09 Å². The van der Waals surface area contributed by atoms with Crippen LogP contribution >= 0.6 is 0 Å². The fourth-order valence-electron chi connectivity index (χ4n) is 2.52. The quantitative estimate of drug-likeness (QED) is 0.864. The van der Waals surface area contributed by atoms with Crippen LogP contribution < -0.4 is 5.32 Å². The number of hydrogen-bond donors (Lipinski definition) is 2. The van der Waals surface area contributed by atoms with Crippen LogP contribution in [0.3, 0.4) is 0 Å². The molecule has 7 nitrogen and oxygen atoms in total. The molecular formula is C15H20N2O5S. The predicted octanol–water partition coefficient (Wildman–Crippen LogP) is 1.35. The third-order valence-electron chi connectivity index (χ3n) is 4.10. The third kappa shape index (κ3) is 4.22. The van der Waals surface area contributed by atoms with Crippen LogP contribution in [-0.4, -0.2) is 55.3 Å². The van der Waals surface area contributed by atoms with E-state index in [-0.39, 0.29) is 10.8 Å². The Labute approximate surface area is 135 Å². The van der Waals surface area contributed by atoms with E-state index in [0.717, 1.165) is 6.26 Å². The molecule has 1 fully saturated rings. The van der Waals surface area contributed by atoms with Gasteiger partial charge in [0.1, 0.15) is 0 Å². The van der Waals surface area contributed by atoms with Crippen LogP contribution in [0, 0.1) is 0 Å². The van der Waals surface area contributed by atoms with Crippen molar-refractivity contribution >= 4 is 21.8 Å². The van der Waals surface area contributed by atoms with Crippen molar-refractivity contribution in [3.63, 3.8) is 0 Å².